The lowest BCUT2D eigenvalue weighted by molar-refractivity contribution is 0.102. The molecule has 2 heterocycles. The third-order valence-corrected chi connectivity index (χ3v) is 3.25. The molecule has 21 heavy (non-hydrogen) atoms. The Kier molecular flexibility index (Phi) is 3.49. The van der Waals surface area contributed by atoms with Crippen molar-refractivity contribution in [1.29, 1.82) is 0 Å². The van der Waals surface area contributed by atoms with Crippen LogP contribution < -0.4 is 21.7 Å². The largest absolute Gasteiger partial charge is 0.326 e. The molecule has 11 nitrogen and oxygen atoms in total. The van der Waals surface area contributed by atoms with Crippen molar-refractivity contribution in [3.8, 4) is 0 Å². The summed E-state index contributed by atoms with van der Waals surface area (Å²) in [5.74, 6) is -1.23. The number of nitrogens with one attached hydrogen (secondary N) is 3. The van der Waals surface area contributed by atoms with Crippen molar-refractivity contribution in [1.82, 2.24) is 19.7 Å². The Morgan fingerprint density at radius 2 is 2.05 bits per heavy atom. The monoisotopic (exact) mass is 314 g/mol. The maximum Gasteiger partial charge on any atom is 0.326 e. The average Bonchev–Trinajstić information content (AvgIpc) is 2.68. The Hall–Kier alpha value is -2.73. The van der Waals surface area contributed by atoms with Crippen molar-refractivity contribution in [3.05, 3.63) is 38.8 Å². The van der Waals surface area contributed by atoms with Crippen LogP contribution >= 0.6 is 0 Å². The fraction of sp³-hybridized carbons (Fsp3) is 0.111. The molecule has 0 unspecified atom stereocenters. The maximum absolute atomic E-state index is 11.9. The van der Waals surface area contributed by atoms with E-state index in [4.69, 9.17) is 5.14 Å². The molecule has 0 saturated carbocycles. The van der Waals surface area contributed by atoms with Gasteiger partial charge in [0.1, 0.15) is 10.6 Å². The summed E-state index contributed by atoms with van der Waals surface area (Å²) in [6, 6.07) is 0.844. The highest BCUT2D eigenvalue weighted by molar-refractivity contribution is 7.89. The lowest BCUT2D eigenvalue weighted by Crippen LogP contribution is -2.27. The van der Waals surface area contributed by atoms with Gasteiger partial charge in [-0.15, -0.1) is 0 Å². The highest BCUT2D eigenvalue weighted by Crippen LogP contribution is 2.17. The summed E-state index contributed by atoms with van der Waals surface area (Å²) in [4.78, 5) is 37.7. The molecule has 0 aromatic carbocycles. The number of sulfonamides is 1. The molecule has 0 aliphatic carbocycles. The van der Waals surface area contributed by atoms with Gasteiger partial charge in [-0.1, -0.05) is 0 Å². The van der Waals surface area contributed by atoms with Gasteiger partial charge in [0.15, 0.2) is 5.82 Å². The normalized spacial score (nSPS) is 11.3. The molecule has 12 heteroatoms. The Morgan fingerprint density at radius 1 is 1.38 bits per heavy atom. The van der Waals surface area contributed by atoms with Crippen LogP contribution in [0.3, 0.4) is 0 Å². The van der Waals surface area contributed by atoms with E-state index in [0.29, 0.717) is 0 Å². The van der Waals surface area contributed by atoms with Gasteiger partial charge in [-0.05, 0) is 0 Å². The van der Waals surface area contributed by atoms with E-state index in [9.17, 15) is 22.8 Å². The van der Waals surface area contributed by atoms with Crippen molar-refractivity contribution in [2.24, 2.45) is 12.2 Å². The number of aromatic amines is 2. The summed E-state index contributed by atoms with van der Waals surface area (Å²) in [5.41, 5.74) is -2.01. The van der Waals surface area contributed by atoms with E-state index in [1.165, 1.54) is 7.05 Å². The first kappa shape index (κ1) is 14.7. The Bertz CT molecular complexity index is 892. The minimum Gasteiger partial charge on any atom is -0.303 e. The van der Waals surface area contributed by atoms with Crippen LogP contribution in [0.5, 0.6) is 0 Å². The maximum atomic E-state index is 11.9. The lowest BCUT2D eigenvalue weighted by Gasteiger charge is -2.03. The number of rotatable bonds is 3. The molecule has 2 aromatic heterocycles. The number of H-pyrrole nitrogens is 2. The van der Waals surface area contributed by atoms with Crippen molar-refractivity contribution < 1.29 is 13.2 Å². The number of nitrogens with zero attached hydrogens (tertiary/aromatic N) is 2. The third-order valence-electron chi connectivity index (χ3n) is 2.34. The van der Waals surface area contributed by atoms with Crippen LogP contribution in [0.15, 0.2) is 26.7 Å². The van der Waals surface area contributed by atoms with Crippen LogP contribution in [0.4, 0.5) is 5.82 Å². The molecule has 1 amide bonds. The predicted molar refractivity (Wildman–Crippen MR) is 70.2 cm³/mol. The number of amides is 1. The molecule has 5 N–H and O–H groups in total. The minimum atomic E-state index is -4.09. The fourth-order valence-corrected chi connectivity index (χ4v) is 2.19. The second-order valence-corrected chi connectivity index (χ2v) is 5.55. The van der Waals surface area contributed by atoms with Gasteiger partial charge in [-0.2, -0.15) is 5.10 Å². The number of aryl methyl sites for hydroxylation is 1. The van der Waals surface area contributed by atoms with Gasteiger partial charge in [-0.3, -0.25) is 19.3 Å². The summed E-state index contributed by atoms with van der Waals surface area (Å²) in [5, 5.41) is 10.9. The number of hydrogen-bond donors (Lipinski definition) is 4. The molecule has 0 fully saturated rings. The number of primary sulfonamides is 1. The molecule has 2 aromatic rings. The summed E-state index contributed by atoms with van der Waals surface area (Å²) in [6.07, 6.45) is 1.10. The van der Waals surface area contributed by atoms with Crippen molar-refractivity contribution >= 4 is 21.7 Å². The Balaban J connectivity index is 2.41. The van der Waals surface area contributed by atoms with Crippen LogP contribution in [0.1, 0.15) is 10.5 Å². The second-order valence-electron chi connectivity index (χ2n) is 4.02. The first-order valence-corrected chi connectivity index (χ1v) is 6.93. The molecule has 0 radical (unpaired) electrons. The van der Waals surface area contributed by atoms with E-state index >= 15 is 0 Å². The van der Waals surface area contributed by atoms with Crippen LogP contribution in [0, 0.1) is 0 Å². The molecule has 112 valence electrons. The zero-order valence-corrected chi connectivity index (χ0v) is 11.4. The number of aromatic nitrogens is 4. The molecule has 0 spiro atoms. The van der Waals surface area contributed by atoms with E-state index in [0.717, 1.165) is 16.9 Å². The van der Waals surface area contributed by atoms with E-state index in [-0.39, 0.29) is 11.5 Å². The van der Waals surface area contributed by atoms with E-state index in [2.05, 4.69) is 15.4 Å². The van der Waals surface area contributed by atoms with Gasteiger partial charge in [0.2, 0.25) is 10.0 Å². The number of anilines is 1. The van der Waals surface area contributed by atoms with Gasteiger partial charge in [0, 0.05) is 19.3 Å². The topological polar surface area (TPSA) is 173 Å². The fourth-order valence-electron chi connectivity index (χ4n) is 1.53. The lowest BCUT2D eigenvalue weighted by atomic mass is 10.4. The van der Waals surface area contributed by atoms with Gasteiger partial charge in [-0.25, -0.2) is 18.4 Å². The van der Waals surface area contributed by atoms with E-state index in [1.54, 1.807) is 0 Å². The first-order valence-electron chi connectivity index (χ1n) is 5.38. The molecular weight excluding hydrogens is 304 g/mol. The Morgan fingerprint density at radius 3 is 2.62 bits per heavy atom. The summed E-state index contributed by atoms with van der Waals surface area (Å²) >= 11 is 0. The Labute approximate surface area is 116 Å². The average molecular weight is 314 g/mol. The molecule has 0 aliphatic heterocycles. The smallest absolute Gasteiger partial charge is 0.303 e. The zero-order chi connectivity index (χ0) is 15.8. The summed E-state index contributed by atoms with van der Waals surface area (Å²) < 4.78 is 23.8. The van der Waals surface area contributed by atoms with Gasteiger partial charge in [0.25, 0.3) is 11.5 Å². The van der Waals surface area contributed by atoms with E-state index in [1.807, 2.05) is 4.98 Å². The number of carbonyl (C=O) groups is 1. The molecule has 0 atom stereocenters. The van der Waals surface area contributed by atoms with Crippen molar-refractivity contribution in [2.75, 3.05) is 5.32 Å². The third kappa shape index (κ3) is 3.24. The van der Waals surface area contributed by atoms with Gasteiger partial charge in [0.05, 0.1) is 0 Å². The van der Waals surface area contributed by atoms with Crippen LogP contribution in [0.25, 0.3) is 0 Å². The second kappa shape index (κ2) is 4.99. The van der Waals surface area contributed by atoms with Crippen molar-refractivity contribution in [3.63, 3.8) is 0 Å². The van der Waals surface area contributed by atoms with Crippen LogP contribution in [-0.2, 0) is 17.1 Å². The molecular formula is C9H10N6O5S. The number of nitrogens with two attached hydrogens (primary N) is 1. The summed E-state index contributed by atoms with van der Waals surface area (Å²) in [7, 11) is -2.66. The highest BCUT2D eigenvalue weighted by Gasteiger charge is 2.21. The first-order chi connectivity index (χ1) is 9.66. The van der Waals surface area contributed by atoms with Gasteiger partial charge >= 0.3 is 5.69 Å². The molecule has 0 saturated heterocycles. The van der Waals surface area contributed by atoms with Crippen LogP contribution in [-0.4, -0.2) is 34.1 Å². The van der Waals surface area contributed by atoms with Crippen LogP contribution in [0.2, 0.25) is 0 Å². The minimum absolute atomic E-state index is 0.314. The highest BCUT2D eigenvalue weighted by atomic mass is 32.2. The summed E-state index contributed by atoms with van der Waals surface area (Å²) in [6.45, 7) is 0. The number of hydrogen-bond acceptors (Lipinski definition) is 6. The zero-order valence-electron chi connectivity index (χ0n) is 10.6. The molecule has 0 aliphatic rings. The standard InChI is InChI=1S/C9H10N6O5S/c1-15-3-5(21(10,19)20)7(14-15)13-8(17)4-2-6(16)12-9(18)11-4/h2-3H,1H3,(H2,10,19,20)(H,13,14,17)(H2,11,12,16,18). The quantitative estimate of drug-likeness (QED) is 0.495. The SMILES string of the molecule is Cn1cc(S(N)(=O)=O)c(NC(=O)c2cc(=O)[nH]c(=O)[nH]2)n1. The number of carbonyl (C=O) groups excluding carboxylic acids is 1. The van der Waals surface area contributed by atoms with Crippen molar-refractivity contribution in [2.45, 2.75) is 4.90 Å². The van der Waals surface area contributed by atoms with E-state index < -0.39 is 32.1 Å². The molecule has 2 rings (SSSR count). The predicted octanol–water partition coefficient (Wildman–Crippen LogP) is -2.30. The van der Waals surface area contributed by atoms with Gasteiger partial charge < -0.3 is 10.3 Å². The molecule has 0 bridgehead atoms.